The monoisotopic (exact) mass is 344 g/mol. The minimum absolute atomic E-state index is 0.141. The van der Waals surface area contributed by atoms with Crippen LogP contribution >= 0.6 is 15.9 Å². The van der Waals surface area contributed by atoms with Crippen molar-refractivity contribution in [3.63, 3.8) is 0 Å². The summed E-state index contributed by atoms with van der Waals surface area (Å²) in [5.74, 6) is -0.0542. The summed E-state index contributed by atoms with van der Waals surface area (Å²) in [6.07, 6.45) is 1.57. The number of aromatic amines is 1. The van der Waals surface area contributed by atoms with Crippen molar-refractivity contribution in [3.05, 3.63) is 63.1 Å². The van der Waals surface area contributed by atoms with Crippen LogP contribution in [-0.4, -0.2) is 21.1 Å². The number of hydrogen-bond acceptors (Lipinski definition) is 4. The Morgan fingerprint density at radius 1 is 1.14 bits per heavy atom. The Morgan fingerprint density at radius 2 is 1.90 bits per heavy atom. The van der Waals surface area contributed by atoms with E-state index in [1.54, 1.807) is 42.6 Å². The van der Waals surface area contributed by atoms with Crippen molar-refractivity contribution in [1.29, 1.82) is 0 Å². The van der Waals surface area contributed by atoms with E-state index in [1.807, 2.05) is 0 Å². The molecule has 0 aliphatic heterocycles. The van der Waals surface area contributed by atoms with Crippen LogP contribution in [0.1, 0.15) is 10.5 Å². The van der Waals surface area contributed by atoms with Gasteiger partial charge in [-0.1, -0.05) is 18.2 Å². The van der Waals surface area contributed by atoms with E-state index in [4.69, 9.17) is 0 Å². The first-order valence-corrected chi connectivity index (χ1v) is 6.85. The Morgan fingerprint density at radius 3 is 2.67 bits per heavy atom. The van der Waals surface area contributed by atoms with Gasteiger partial charge in [-0.3, -0.25) is 9.59 Å². The topological polar surface area (TPSA) is 87.7 Å². The number of anilines is 1. The molecule has 0 aliphatic carbocycles. The number of H-pyrrole nitrogens is 1. The van der Waals surface area contributed by atoms with Crippen LogP contribution < -0.4 is 10.9 Å². The van der Waals surface area contributed by atoms with E-state index in [2.05, 4.69) is 36.4 Å². The van der Waals surface area contributed by atoms with E-state index in [1.165, 1.54) is 0 Å². The maximum absolute atomic E-state index is 12.3. The van der Waals surface area contributed by atoms with Gasteiger partial charge < -0.3 is 5.32 Å². The van der Waals surface area contributed by atoms with Crippen molar-refractivity contribution in [1.82, 2.24) is 15.2 Å². The summed E-state index contributed by atoms with van der Waals surface area (Å²) < 4.78 is 0.659. The van der Waals surface area contributed by atoms with Crippen molar-refractivity contribution >= 4 is 38.4 Å². The molecule has 3 rings (SSSR count). The maximum atomic E-state index is 12.3. The standard InChI is InChI=1S/C14H9BrN4O2/c15-10-6-3-7-16-12(10)17-14(21)11-8-4-1-2-5-9(8)13(20)19-18-11/h1-7H,(H,19,20)(H,16,17,21). The van der Waals surface area contributed by atoms with Gasteiger partial charge in [0.05, 0.1) is 9.86 Å². The number of pyridine rings is 1. The van der Waals surface area contributed by atoms with E-state index >= 15 is 0 Å². The molecule has 0 radical (unpaired) electrons. The molecule has 0 bridgehead atoms. The minimum Gasteiger partial charge on any atom is -0.304 e. The molecule has 0 unspecified atom stereocenters. The number of hydrogen-bond donors (Lipinski definition) is 2. The van der Waals surface area contributed by atoms with E-state index in [9.17, 15) is 9.59 Å². The molecule has 0 atom stereocenters. The van der Waals surface area contributed by atoms with Gasteiger partial charge in [-0.15, -0.1) is 0 Å². The van der Waals surface area contributed by atoms with E-state index in [0.29, 0.717) is 21.1 Å². The summed E-state index contributed by atoms with van der Waals surface area (Å²) in [4.78, 5) is 28.1. The van der Waals surface area contributed by atoms with Gasteiger partial charge in [-0.25, -0.2) is 10.1 Å². The van der Waals surface area contributed by atoms with Crippen LogP contribution in [-0.2, 0) is 0 Å². The van der Waals surface area contributed by atoms with Crippen molar-refractivity contribution in [3.8, 4) is 0 Å². The molecule has 21 heavy (non-hydrogen) atoms. The highest BCUT2D eigenvalue weighted by Crippen LogP contribution is 2.20. The fourth-order valence-electron chi connectivity index (χ4n) is 1.93. The Kier molecular flexibility index (Phi) is 3.49. The molecule has 3 aromatic rings. The molecule has 2 heterocycles. The summed E-state index contributed by atoms with van der Waals surface area (Å²) >= 11 is 3.30. The molecule has 0 saturated carbocycles. The number of halogens is 1. The van der Waals surface area contributed by atoms with Crippen LogP contribution in [0, 0.1) is 0 Å². The number of rotatable bonds is 2. The molecule has 2 N–H and O–H groups in total. The number of amides is 1. The Balaban J connectivity index is 2.05. The van der Waals surface area contributed by atoms with Gasteiger partial charge in [0.25, 0.3) is 11.5 Å². The van der Waals surface area contributed by atoms with Gasteiger partial charge in [0, 0.05) is 11.6 Å². The zero-order chi connectivity index (χ0) is 14.8. The van der Waals surface area contributed by atoms with Crippen LogP contribution in [0.4, 0.5) is 5.82 Å². The lowest BCUT2D eigenvalue weighted by Crippen LogP contribution is -2.19. The number of benzene rings is 1. The summed E-state index contributed by atoms with van der Waals surface area (Å²) in [6.45, 7) is 0. The van der Waals surface area contributed by atoms with Crippen molar-refractivity contribution in [2.24, 2.45) is 0 Å². The third-order valence-corrected chi connectivity index (χ3v) is 3.54. The highest BCUT2D eigenvalue weighted by atomic mass is 79.9. The van der Waals surface area contributed by atoms with Crippen molar-refractivity contribution < 1.29 is 4.79 Å². The highest BCUT2D eigenvalue weighted by Gasteiger charge is 2.15. The third-order valence-electron chi connectivity index (χ3n) is 2.90. The normalized spacial score (nSPS) is 10.5. The lowest BCUT2D eigenvalue weighted by molar-refractivity contribution is 0.102. The molecule has 1 aromatic carbocycles. The van der Waals surface area contributed by atoms with Gasteiger partial charge >= 0.3 is 0 Å². The summed E-state index contributed by atoms with van der Waals surface area (Å²) in [5, 5.41) is 9.73. The van der Waals surface area contributed by atoms with Crippen LogP contribution in [0.2, 0.25) is 0 Å². The fraction of sp³-hybridized carbons (Fsp3) is 0. The third kappa shape index (κ3) is 2.55. The number of nitrogens with zero attached hydrogens (tertiary/aromatic N) is 2. The number of carbonyl (C=O) groups excluding carboxylic acids is 1. The molecule has 7 heteroatoms. The molecular formula is C14H9BrN4O2. The molecule has 6 nitrogen and oxygen atoms in total. The Labute approximate surface area is 127 Å². The molecule has 0 fully saturated rings. The first-order chi connectivity index (χ1) is 10.2. The van der Waals surface area contributed by atoms with Gasteiger partial charge in [-0.05, 0) is 34.1 Å². The SMILES string of the molecule is O=C(Nc1ncccc1Br)c1n[nH]c(=O)c2ccccc12. The summed E-state index contributed by atoms with van der Waals surface area (Å²) in [6, 6.07) is 10.3. The van der Waals surface area contributed by atoms with E-state index in [0.717, 1.165) is 0 Å². The second kappa shape index (κ2) is 5.45. The number of aromatic nitrogens is 3. The number of fused-ring (bicyclic) bond motifs is 1. The lowest BCUT2D eigenvalue weighted by atomic mass is 10.1. The first-order valence-electron chi connectivity index (χ1n) is 6.06. The maximum Gasteiger partial charge on any atom is 0.277 e. The van der Waals surface area contributed by atoms with Gasteiger partial charge in [0.1, 0.15) is 5.82 Å². The van der Waals surface area contributed by atoms with Gasteiger partial charge in [-0.2, -0.15) is 5.10 Å². The van der Waals surface area contributed by atoms with Crippen molar-refractivity contribution in [2.45, 2.75) is 0 Å². The largest absolute Gasteiger partial charge is 0.304 e. The lowest BCUT2D eigenvalue weighted by Gasteiger charge is -2.07. The molecule has 0 saturated heterocycles. The fourth-order valence-corrected chi connectivity index (χ4v) is 2.29. The summed E-state index contributed by atoms with van der Waals surface area (Å²) in [7, 11) is 0. The van der Waals surface area contributed by atoms with Crippen LogP contribution in [0.5, 0.6) is 0 Å². The minimum atomic E-state index is -0.443. The molecule has 0 aliphatic rings. The predicted octanol–water partition coefficient (Wildman–Crippen LogP) is 2.33. The van der Waals surface area contributed by atoms with Crippen LogP contribution in [0.3, 0.4) is 0 Å². The average molecular weight is 345 g/mol. The summed E-state index contributed by atoms with van der Waals surface area (Å²) in [5.41, 5.74) is -0.191. The van der Waals surface area contributed by atoms with Crippen LogP contribution in [0.25, 0.3) is 10.8 Å². The molecular weight excluding hydrogens is 336 g/mol. The number of nitrogens with one attached hydrogen (secondary N) is 2. The van der Waals surface area contributed by atoms with E-state index in [-0.39, 0.29) is 11.3 Å². The molecule has 104 valence electrons. The first kappa shape index (κ1) is 13.4. The Hall–Kier alpha value is -2.54. The molecule has 0 spiro atoms. The smallest absolute Gasteiger partial charge is 0.277 e. The second-order valence-electron chi connectivity index (χ2n) is 4.23. The zero-order valence-corrected chi connectivity index (χ0v) is 12.2. The second-order valence-corrected chi connectivity index (χ2v) is 5.09. The predicted molar refractivity (Wildman–Crippen MR) is 82.3 cm³/mol. The van der Waals surface area contributed by atoms with E-state index < -0.39 is 5.91 Å². The zero-order valence-electron chi connectivity index (χ0n) is 10.6. The van der Waals surface area contributed by atoms with Gasteiger partial charge in [0.2, 0.25) is 0 Å². The Bertz CT molecular complexity index is 891. The number of carbonyl (C=O) groups is 1. The highest BCUT2D eigenvalue weighted by molar-refractivity contribution is 9.10. The molecule has 1 amide bonds. The average Bonchev–Trinajstić information content (AvgIpc) is 2.50. The quantitative estimate of drug-likeness (QED) is 0.746. The van der Waals surface area contributed by atoms with Crippen molar-refractivity contribution in [2.75, 3.05) is 5.32 Å². The van der Waals surface area contributed by atoms with Gasteiger partial charge in [0.15, 0.2) is 5.69 Å². The van der Waals surface area contributed by atoms with Crippen LogP contribution in [0.15, 0.2) is 51.9 Å². The molecule has 2 aromatic heterocycles.